The summed E-state index contributed by atoms with van der Waals surface area (Å²) < 4.78 is 30.2. The van der Waals surface area contributed by atoms with E-state index in [0.29, 0.717) is 5.02 Å². The van der Waals surface area contributed by atoms with E-state index in [1.165, 1.54) is 23.1 Å². The maximum atomic E-state index is 14.5. The Morgan fingerprint density at radius 2 is 1.51 bits per heavy atom. The smallest absolute Gasteiger partial charge is 0.264 e. The summed E-state index contributed by atoms with van der Waals surface area (Å²) in [6, 6.07) is 28.8. The number of sulfonamides is 1. The highest BCUT2D eigenvalue weighted by molar-refractivity contribution is 9.10. The van der Waals surface area contributed by atoms with E-state index in [-0.39, 0.29) is 29.5 Å². The maximum absolute atomic E-state index is 14.5. The lowest BCUT2D eigenvalue weighted by atomic mass is 10.0. The Bertz CT molecular complexity index is 1730. The zero-order valence-corrected chi connectivity index (χ0v) is 28.9. The highest BCUT2D eigenvalue weighted by Crippen LogP contribution is 2.27. The van der Waals surface area contributed by atoms with Crippen LogP contribution in [-0.4, -0.2) is 43.3 Å². The average molecular weight is 711 g/mol. The number of hydrogen-bond donors (Lipinski definition) is 1. The van der Waals surface area contributed by atoms with Crippen LogP contribution in [0.25, 0.3) is 0 Å². The predicted octanol–water partition coefficient (Wildman–Crippen LogP) is 7.16. The van der Waals surface area contributed by atoms with E-state index < -0.39 is 34.1 Å². The van der Waals surface area contributed by atoms with E-state index in [0.717, 1.165) is 25.5 Å². The molecule has 236 valence electrons. The van der Waals surface area contributed by atoms with Gasteiger partial charge in [0.15, 0.2) is 0 Å². The molecule has 4 rings (SSSR count). The minimum Gasteiger partial charge on any atom is -0.350 e. The van der Waals surface area contributed by atoms with Gasteiger partial charge in [-0.3, -0.25) is 13.9 Å². The lowest BCUT2D eigenvalue weighted by molar-refractivity contribution is -0.140. The van der Waals surface area contributed by atoms with Crippen LogP contribution in [0, 0.1) is 6.92 Å². The van der Waals surface area contributed by atoms with Gasteiger partial charge in [-0.25, -0.2) is 8.42 Å². The maximum Gasteiger partial charge on any atom is 0.264 e. The number of nitrogens with one attached hydrogen (secondary N) is 1. The van der Waals surface area contributed by atoms with Crippen molar-refractivity contribution in [3.8, 4) is 0 Å². The van der Waals surface area contributed by atoms with E-state index in [2.05, 4.69) is 21.2 Å². The van der Waals surface area contributed by atoms with Gasteiger partial charge in [-0.1, -0.05) is 93.8 Å². The molecule has 4 aromatic carbocycles. The summed E-state index contributed by atoms with van der Waals surface area (Å²) >= 11 is 9.75. The molecular formula is C35H37BrClN3O4S. The zero-order chi connectivity index (χ0) is 32.8. The second-order valence-electron chi connectivity index (χ2n) is 11.9. The first-order valence-electron chi connectivity index (χ1n) is 14.5. The molecule has 0 saturated carbocycles. The first-order valence-corrected chi connectivity index (χ1v) is 17.1. The summed E-state index contributed by atoms with van der Waals surface area (Å²) in [4.78, 5) is 30.0. The van der Waals surface area contributed by atoms with Crippen molar-refractivity contribution < 1.29 is 18.0 Å². The minimum absolute atomic E-state index is 0.0339. The van der Waals surface area contributed by atoms with Crippen LogP contribution in [-0.2, 0) is 32.6 Å². The average Bonchev–Trinajstić information content (AvgIpc) is 2.98. The quantitative estimate of drug-likeness (QED) is 0.179. The van der Waals surface area contributed by atoms with Gasteiger partial charge in [0.1, 0.15) is 12.6 Å². The molecule has 0 aliphatic heterocycles. The fourth-order valence-electron chi connectivity index (χ4n) is 4.79. The van der Waals surface area contributed by atoms with Gasteiger partial charge in [-0.15, -0.1) is 0 Å². The summed E-state index contributed by atoms with van der Waals surface area (Å²) in [5.41, 5.74) is 2.20. The topological polar surface area (TPSA) is 86.8 Å². The van der Waals surface area contributed by atoms with Gasteiger partial charge in [0.05, 0.1) is 10.6 Å². The van der Waals surface area contributed by atoms with Gasteiger partial charge >= 0.3 is 0 Å². The molecule has 0 aromatic heterocycles. The zero-order valence-electron chi connectivity index (χ0n) is 25.7. The third-order valence-electron chi connectivity index (χ3n) is 7.02. The number of benzene rings is 4. The number of carbonyl (C=O) groups is 2. The van der Waals surface area contributed by atoms with Crippen LogP contribution in [0.2, 0.25) is 5.02 Å². The number of carbonyl (C=O) groups excluding carboxylic acids is 2. The van der Waals surface area contributed by atoms with Crippen molar-refractivity contribution in [2.45, 2.75) is 57.1 Å². The predicted molar refractivity (Wildman–Crippen MR) is 184 cm³/mol. The Balaban J connectivity index is 1.81. The fraction of sp³-hybridized carbons (Fsp3) is 0.257. The van der Waals surface area contributed by atoms with Gasteiger partial charge in [0.2, 0.25) is 11.8 Å². The normalized spacial score (nSPS) is 12.3. The van der Waals surface area contributed by atoms with Crippen LogP contribution >= 0.6 is 27.5 Å². The SMILES string of the molecule is Cc1ccc(S(=O)(=O)N(CC(=O)N(Cc2ccc(Br)cc2)C(Cc2ccccc2)C(=O)NC(C)(C)C)c2cccc(Cl)c2)cc1. The Kier molecular flexibility index (Phi) is 11.1. The molecule has 7 nitrogen and oxygen atoms in total. The number of anilines is 1. The van der Waals surface area contributed by atoms with Crippen molar-refractivity contribution in [2.75, 3.05) is 10.8 Å². The van der Waals surface area contributed by atoms with Crippen molar-refractivity contribution >= 4 is 55.1 Å². The third kappa shape index (κ3) is 9.42. The van der Waals surface area contributed by atoms with E-state index in [1.54, 1.807) is 30.3 Å². The second-order valence-corrected chi connectivity index (χ2v) is 15.1. The second kappa shape index (κ2) is 14.6. The lowest BCUT2D eigenvalue weighted by Gasteiger charge is -2.35. The number of hydrogen-bond acceptors (Lipinski definition) is 4. The van der Waals surface area contributed by atoms with Gasteiger partial charge in [-0.05, 0) is 81.3 Å². The van der Waals surface area contributed by atoms with Crippen LogP contribution < -0.4 is 9.62 Å². The molecule has 0 saturated heterocycles. The molecule has 45 heavy (non-hydrogen) atoms. The first-order chi connectivity index (χ1) is 21.2. The Hall–Kier alpha value is -3.66. The van der Waals surface area contributed by atoms with Crippen molar-refractivity contribution in [1.82, 2.24) is 10.2 Å². The van der Waals surface area contributed by atoms with Crippen LogP contribution in [0.4, 0.5) is 5.69 Å². The summed E-state index contributed by atoms with van der Waals surface area (Å²) in [6.07, 6.45) is 0.229. The molecule has 0 aliphatic carbocycles. The lowest BCUT2D eigenvalue weighted by Crippen LogP contribution is -2.56. The summed E-state index contributed by atoms with van der Waals surface area (Å²) in [6.45, 7) is 7.02. The summed E-state index contributed by atoms with van der Waals surface area (Å²) in [5, 5.41) is 3.36. The van der Waals surface area contributed by atoms with Crippen LogP contribution in [0.1, 0.15) is 37.5 Å². The van der Waals surface area contributed by atoms with E-state index in [9.17, 15) is 18.0 Å². The molecular weight excluding hydrogens is 674 g/mol. The molecule has 0 spiro atoms. The van der Waals surface area contributed by atoms with Crippen molar-refractivity contribution in [3.05, 3.63) is 129 Å². The highest BCUT2D eigenvalue weighted by atomic mass is 79.9. The third-order valence-corrected chi connectivity index (χ3v) is 9.57. The fourth-order valence-corrected chi connectivity index (χ4v) is 6.65. The van der Waals surface area contributed by atoms with Crippen LogP contribution in [0.15, 0.2) is 112 Å². The number of halogens is 2. The van der Waals surface area contributed by atoms with Gasteiger partial charge in [-0.2, -0.15) is 0 Å². The van der Waals surface area contributed by atoms with Gasteiger partial charge in [0, 0.05) is 28.0 Å². The van der Waals surface area contributed by atoms with E-state index in [4.69, 9.17) is 11.6 Å². The first kappa shape index (κ1) is 34.2. The molecule has 0 radical (unpaired) electrons. The molecule has 1 unspecified atom stereocenters. The summed E-state index contributed by atoms with van der Waals surface area (Å²) in [7, 11) is -4.21. The molecule has 0 bridgehead atoms. The van der Waals surface area contributed by atoms with Crippen molar-refractivity contribution in [2.24, 2.45) is 0 Å². The van der Waals surface area contributed by atoms with Crippen LogP contribution in [0.5, 0.6) is 0 Å². The highest BCUT2D eigenvalue weighted by Gasteiger charge is 2.35. The molecule has 1 N–H and O–H groups in total. The van der Waals surface area contributed by atoms with Gasteiger partial charge < -0.3 is 10.2 Å². The monoisotopic (exact) mass is 709 g/mol. The Labute approximate surface area is 279 Å². The number of rotatable bonds is 11. The Morgan fingerprint density at radius 1 is 0.867 bits per heavy atom. The van der Waals surface area contributed by atoms with Gasteiger partial charge in [0.25, 0.3) is 10.0 Å². The largest absolute Gasteiger partial charge is 0.350 e. The molecule has 10 heteroatoms. The van der Waals surface area contributed by atoms with Crippen molar-refractivity contribution in [3.63, 3.8) is 0 Å². The number of nitrogens with zero attached hydrogens (tertiary/aromatic N) is 2. The summed E-state index contributed by atoms with van der Waals surface area (Å²) in [5.74, 6) is -0.883. The minimum atomic E-state index is -4.21. The molecule has 4 aromatic rings. The van der Waals surface area contributed by atoms with Crippen LogP contribution in [0.3, 0.4) is 0 Å². The number of aryl methyl sites for hydroxylation is 1. The standard InChI is InChI=1S/C35H37BrClN3O4S/c1-25-13-19-31(20-14-25)45(43,44)40(30-12-8-11-29(37)22-30)24-33(41)39(23-27-15-17-28(36)18-16-27)32(34(42)38-35(2,3)4)21-26-9-6-5-7-10-26/h5-20,22,32H,21,23-24H2,1-4H3,(H,38,42). The molecule has 2 amide bonds. The Morgan fingerprint density at radius 3 is 2.11 bits per heavy atom. The molecule has 1 atom stereocenters. The molecule has 0 heterocycles. The van der Waals surface area contributed by atoms with E-state index >= 15 is 0 Å². The molecule has 0 aliphatic rings. The molecule has 0 fully saturated rings. The van der Waals surface area contributed by atoms with E-state index in [1.807, 2.05) is 82.3 Å². The number of amides is 2. The van der Waals surface area contributed by atoms with Crippen molar-refractivity contribution in [1.29, 1.82) is 0 Å².